The second-order valence-corrected chi connectivity index (χ2v) is 10.2. The Morgan fingerprint density at radius 2 is 1.78 bits per heavy atom. The van der Waals surface area contributed by atoms with Crippen molar-refractivity contribution in [3.63, 3.8) is 0 Å². The molecule has 0 saturated carbocycles. The van der Waals surface area contributed by atoms with E-state index in [-0.39, 0.29) is 28.0 Å². The molecule has 166 valence electrons. The fourth-order valence-electron chi connectivity index (χ4n) is 3.53. The third-order valence-electron chi connectivity index (χ3n) is 5.21. The van der Waals surface area contributed by atoms with Gasteiger partial charge in [-0.25, -0.2) is 17.2 Å². The van der Waals surface area contributed by atoms with Crippen molar-refractivity contribution in [2.75, 3.05) is 10.5 Å². The molecule has 2 N–H and O–H groups in total. The topological polar surface area (TPSA) is 75.3 Å². The highest BCUT2D eigenvalue weighted by Gasteiger charge is 2.26. The summed E-state index contributed by atoms with van der Waals surface area (Å²) in [6.45, 7) is 1.69. The zero-order chi connectivity index (χ0) is 22.9. The molecule has 0 fully saturated rings. The molecule has 1 amide bonds. The maximum Gasteiger partial charge on any atom is 0.262 e. The van der Waals surface area contributed by atoms with E-state index in [0.29, 0.717) is 28.2 Å². The molecule has 5 nitrogen and oxygen atoms in total. The van der Waals surface area contributed by atoms with Gasteiger partial charge in [0.15, 0.2) is 0 Å². The molecule has 9 heteroatoms. The Balaban J connectivity index is 1.60. The number of fused-ring (bicyclic) bond motifs is 1. The molecule has 0 aromatic heterocycles. The van der Waals surface area contributed by atoms with E-state index in [1.54, 1.807) is 19.1 Å². The Kier molecular flexibility index (Phi) is 6.21. The first-order chi connectivity index (χ1) is 15.3. The maximum atomic E-state index is 14.1. The van der Waals surface area contributed by atoms with Crippen LogP contribution in [-0.4, -0.2) is 20.1 Å². The minimum Gasteiger partial charge on any atom is -0.345 e. The highest BCUT2D eigenvalue weighted by atomic mass is 32.2. The molecule has 1 aliphatic rings. The summed E-state index contributed by atoms with van der Waals surface area (Å²) >= 11 is 1.41. The number of carbonyl (C=O) groups is 1. The molecule has 0 radical (unpaired) electrons. The van der Waals surface area contributed by atoms with Crippen LogP contribution in [0.5, 0.6) is 0 Å². The monoisotopic (exact) mass is 474 g/mol. The number of para-hydroxylation sites is 1. The highest BCUT2D eigenvalue weighted by molar-refractivity contribution is 7.99. The molecule has 0 saturated heterocycles. The quantitative estimate of drug-likeness (QED) is 0.543. The molecular formula is C23H20F2N2O3S2. The lowest BCUT2D eigenvalue weighted by Gasteiger charge is -2.26. The Bertz CT molecular complexity index is 1300. The van der Waals surface area contributed by atoms with E-state index < -0.39 is 21.7 Å². The van der Waals surface area contributed by atoms with Gasteiger partial charge in [0.05, 0.1) is 16.6 Å². The number of carbonyl (C=O) groups excluding carboxylic acids is 1. The minimum atomic E-state index is -4.12. The number of hydrogen-bond acceptors (Lipinski definition) is 4. The number of sulfonamides is 1. The SMILES string of the molecule is Cc1ccc(S(=O)(=O)Nc2ccccc2F)cc1C(=O)NC1CCSc2c(F)cccc21. The molecule has 1 heterocycles. The second kappa shape index (κ2) is 8.91. The van der Waals surface area contributed by atoms with Crippen molar-refractivity contribution in [3.8, 4) is 0 Å². The molecule has 0 aliphatic carbocycles. The van der Waals surface area contributed by atoms with Crippen LogP contribution in [0.3, 0.4) is 0 Å². The van der Waals surface area contributed by atoms with Gasteiger partial charge >= 0.3 is 0 Å². The van der Waals surface area contributed by atoms with E-state index in [1.807, 2.05) is 0 Å². The van der Waals surface area contributed by atoms with Crippen molar-refractivity contribution in [2.24, 2.45) is 0 Å². The lowest BCUT2D eigenvalue weighted by atomic mass is 10.0. The number of rotatable bonds is 5. The van der Waals surface area contributed by atoms with Crippen LogP contribution >= 0.6 is 11.8 Å². The molecule has 3 aromatic rings. The predicted octanol–water partition coefficient (Wildman–Crippen LogP) is 5.04. The van der Waals surface area contributed by atoms with Gasteiger partial charge in [-0.15, -0.1) is 11.8 Å². The lowest BCUT2D eigenvalue weighted by Crippen LogP contribution is -2.31. The Morgan fingerprint density at radius 3 is 2.56 bits per heavy atom. The summed E-state index contributed by atoms with van der Waals surface area (Å²) in [4.78, 5) is 13.4. The fraction of sp³-hybridized carbons (Fsp3) is 0.174. The summed E-state index contributed by atoms with van der Waals surface area (Å²) in [6, 6.07) is 14.0. The van der Waals surface area contributed by atoms with Gasteiger partial charge in [0.2, 0.25) is 0 Å². The summed E-state index contributed by atoms with van der Waals surface area (Å²) in [5.41, 5.74) is 1.28. The minimum absolute atomic E-state index is 0.165. The molecular weight excluding hydrogens is 454 g/mol. The Morgan fingerprint density at radius 1 is 1.03 bits per heavy atom. The maximum absolute atomic E-state index is 14.1. The Hall–Kier alpha value is -2.91. The van der Waals surface area contributed by atoms with Gasteiger partial charge in [0.25, 0.3) is 15.9 Å². The molecule has 0 spiro atoms. The third kappa shape index (κ3) is 4.49. The summed E-state index contributed by atoms with van der Waals surface area (Å²) in [6.07, 6.45) is 0.624. The summed E-state index contributed by atoms with van der Waals surface area (Å²) < 4.78 is 55.8. The average Bonchev–Trinajstić information content (AvgIpc) is 2.76. The van der Waals surface area contributed by atoms with Gasteiger partial charge < -0.3 is 5.32 Å². The molecule has 1 unspecified atom stereocenters. The normalized spacial score (nSPS) is 15.7. The van der Waals surface area contributed by atoms with Gasteiger partial charge in [0.1, 0.15) is 11.6 Å². The second-order valence-electron chi connectivity index (χ2n) is 7.38. The average molecular weight is 475 g/mol. The van der Waals surface area contributed by atoms with Crippen LogP contribution in [-0.2, 0) is 10.0 Å². The largest absolute Gasteiger partial charge is 0.345 e. The van der Waals surface area contributed by atoms with E-state index in [9.17, 15) is 22.0 Å². The van der Waals surface area contributed by atoms with Crippen molar-refractivity contribution in [3.05, 3.63) is 89.0 Å². The number of aryl methyl sites for hydroxylation is 1. The summed E-state index contributed by atoms with van der Waals surface area (Å²) in [7, 11) is -4.12. The third-order valence-corrected chi connectivity index (χ3v) is 7.74. The fourth-order valence-corrected chi connectivity index (χ4v) is 5.77. The van der Waals surface area contributed by atoms with Crippen LogP contribution in [0.4, 0.5) is 14.5 Å². The highest BCUT2D eigenvalue weighted by Crippen LogP contribution is 2.38. The molecule has 0 bridgehead atoms. The van der Waals surface area contributed by atoms with E-state index in [0.717, 1.165) is 6.07 Å². The zero-order valence-electron chi connectivity index (χ0n) is 17.1. The number of halogens is 2. The standard InChI is InChI=1S/C23H20F2N2O3S2/c1-14-9-10-15(32(29,30)27-21-8-3-2-6-18(21)24)13-17(14)23(28)26-20-11-12-31-22-16(20)5-4-7-19(22)25/h2-10,13,20,27H,11-12H2,1H3,(H,26,28). The van der Waals surface area contributed by atoms with E-state index in [4.69, 9.17) is 0 Å². The summed E-state index contributed by atoms with van der Waals surface area (Å²) in [5, 5.41) is 2.90. The summed E-state index contributed by atoms with van der Waals surface area (Å²) in [5.74, 6) is -0.839. The van der Waals surface area contributed by atoms with Crippen molar-refractivity contribution in [1.29, 1.82) is 0 Å². The van der Waals surface area contributed by atoms with Gasteiger partial charge in [-0.3, -0.25) is 9.52 Å². The Labute approximate surface area is 189 Å². The van der Waals surface area contributed by atoms with Gasteiger partial charge in [-0.2, -0.15) is 0 Å². The first-order valence-electron chi connectivity index (χ1n) is 9.86. The van der Waals surface area contributed by atoms with Gasteiger partial charge in [0, 0.05) is 16.2 Å². The number of nitrogens with one attached hydrogen (secondary N) is 2. The van der Waals surface area contributed by atoms with Crippen LogP contribution in [0.25, 0.3) is 0 Å². The van der Waals surface area contributed by atoms with Crippen molar-refractivity contribution in [1.82, 2.24) is 5.32 Å². The van der Waals surface area contributed by atoms with Crippen molar-refractivity contribution in [2.45, 2.75) is 29.2 Å². The van der Waals surface area contributed by atoms with Crippen LogP contribution < -0.4 is 10.0 Å². The van der Waals surface area contributed by atoms with Gasteiger partial charge in [-0.1, -0.05) is 30.3 Å². The zero-order valence-corrected chi connectivity index (χ0v) is 18.7. The van der Waals surface area contributed by atoms with E-state index in [1.165, 1.54) is 54.2 Å². The predicted molar refractivity (Wildman–Crippen MR) is 120 cm³/mol. The molecule has 3 aromatic carbocycles. The van der Waals surface area contributed by atoms with E-state index in [2.05, 4.69) is 10.0 Å². The lowest BCUT2D eigenvalue weighted by molar-refractivity contribution is 0.0934. The van der Waals surface area contributed by atoms with Crippen LogP contribution in [0.1, 0.15) is 33.9 Å². The number of thioether (sulfide) groups is 1. The van der Waals surface area contributed by atoms with Crippen LogP contribution in [0.15, 0.2) is 70.5 Å². The van der Waals surface area contributed by atoms with Crippen molar-refractivity contribution < 1.29 is 22.0 Å². The van der Waals surface area contributed by atoms with Gasteiger partial charge in [-0.05, 0) is 54.8 Å². The number of amides is 1. The number of hydrogen-bond donors (Lipinski definition) is 2. The number of anilines is 1. The van der Waals surface area contributed by atoms with E-state index >= 15 is 0 Å². The first-order valence-corrected chi connectivity index (χ1v) is 12.3. The molecule has 32 heavy (non-hydrogen) atoms. The number of benzene rings is 3. The first kappa shape index (κ1) is 22.3. The van der Waals surface area contributed by atoms with Crippen LogP contribution in [0, 0.1) is 18.6 Å². The molecule has 4 rings (SSSR count). The molecule has 1 atom stereocenters. The smallest absolute Gasteiger partial charge is 0.262 e. The van der Waals surface area contributed by atoms with Crippen molar-refractivity contribution >= 4 is 33.4 Å². The van der Waals surface area contributed by atoms with Crippen LogP contribution in [0.2, 0.25) is 0 Å². The molecule has 1 aliphatic heterocycles.